The van der Waals surface area contributed by atoms with Crippen LogP contribution in [-0.2, 0) is 26.6 Å². The second-order valence-corrected chi connectivity index (χ2v) is 14.9. The van der Waals surface area contributed by atoms with Crippen LogP contribution in [0.15, 0.2) is 48.6 Å². The van der Waals surface area contributed by atoms with E-state index >= 15 is 0 Å². The number of methoxy groups -OCH3 is 1. The number of carbonyl (C=O) groups is 1. The van der Waals surface area contributed by atoms with Crippen LogP contribution in [0, 0.1) is 11.8 Å². The van der Waals surface area contributed by atoms with E-state index in [2.05, 4.69) is 33.9 Å². The third kappa shape index (κ3) is 5.70. The Morgan fingerprint density at radius 1 is 1.12 bits per heavy atom. The van der Waals surface area contributed by atoms with Gasteiger partial charge >= 0.3 is 0 Å². The molecular formula is C33H41ClN2O5S. The number of amides is 1. The number of rotatable bonds is 2. The van der Waals surface area contributed by atoms with Crippen molar-refractivity contribution in [2.24, 2.45) is 11.8 Å². The largest absolute Gasteiger partial charge is 0.490 e. The van der Waals surface area contributed by atoms with Gasteiger partial charge in [0.1, 0.15) is 5.75 Å². The zero-order valence-electron chi connectivity index (χ0n) is 24.5. The van der Waals surface area contributed by atoms with E-state index in [0.29, 0.717) is 43.3 Å². The number of ether oxygens (including phenoxy) is 2. The summed E-state index contributed by atoms with van der Waals surface area (Å²) >= 11 is 6.40. The number of fused-ring (bicyclic) bond motifs is 4. The summed E-state index contributed by atoms with van der Waals surface area (Å²) in [4.78, 5) is 15.8. The number of halogens is 1. The lowest BCUT2D eigenvalue weighted by atomic mass is 9.69. The van der Waals surface area contributed by atoms with Gasteiger partial charge in [0, 0.05) is 36.2 Å². The van der Waals surface area contributed by atoms with Crippen LogP contribution in [0.25, 0.3) is 0 Å². The summed E-state index contributed by atoms with van der Waals surface area (Å²) in [5.74, 6) is 1.01. The number of benzene rings is 2. The van der Waals surface area contributed by atoms with Crippen molar-refractivity contribution in [1.29, 1.82) is 0 Å². The molecule has 1 spiro atoms. The smallest absolute Gasteiger partial charge is 0.264 e. The fourth-order valence-corrected chi connectivity index (χ4v) is 9.00. The molecule has 1 amide bonds. The first-order valence-corrected chi connectivity index (χ1v) is 17.2. The van der Waals surface area contributed by atoms with E-state index in [-0.39, 0.29) is 11.5 Å². The second kappa shape index (κ2) is 11.9. The quantitative estimate of drug-likeness (QED) is 0.416. The lowest BCUT2D eigenvalue weighted by Gasteiger charge is -2.44. The monoisotopic (exact) mass is 612 g/mol. The summed E-state index contributed by atoms with van der Waals surface area (Å²) in [5, 5.41) is 0.0697. The molecule has 4 aliphatic rings. The van der Waals surface area contributed by atoms with Gasteiger partial charge in [-0.1, -0.05) is 36.7 Å². The maximum atomic E-state index is 13.4. The standard InChI is InChI=1S/C33H41ClN2O5S/c1-3-28-13-12-27(40-2)11-8-22-6-7-25(22)19-36-20-33(16-4-5-23-17-26(34)10-14-29(23)33)21-41-31-15-9-24(18-30(31)36)32(37)35-42(28,38)39/h8-11,14-15,17-18,22,25,27-28H,3-7,12-13,16,19-21H2,1-2H3,(H,35,37)/b11-8+/t22-,25-,27-,28+,33-/m0/s1. The van der Waals surface area contributed by atoms with Gasteiger partial charge in [0.05, 0.1) is 23.6 Å². The Morgan fingerprint density at radius 2 is 1.98 bits per heavy atom. The molecule has 2 aromatic carbocycles. The number of aryl methyl sites for hydroxylation is 1. The predicted molar refractivity (Wildman–Crippen MR) is 166 cm³/mol. The van der Waals surface area contributed by atoms with Gasteiger partial charge in [-0.3, -0.25) is 4.79 Å². The van der Waals surface area contributed by atoms with E-state index in [1.54, 1.807) is 13.2 Å². The second-order valence-electron chi connectivity index (χ2n) is 12.5. The van der Waals surface area contributed by atoms with E-state index in [1.807, 2.05) is 25.1 Å². The van der Waals surface area contributed by atoms with Gasteiger partial charge in [0.25, 0.3) is 5.91 Å². The first kappa shape index (κ1) is 29.5. The molecule has 2 aliphatic heterocycles. The van der Waals surface area contributed by atoms with Crippen molar-refractivity contribution in [2.45, 2.75) is 75.1 Å². The van der Waals surface area contributed by atoms with Gasteiger partial charge in [-0.2, -0.15) is 0 Å². The lowest BCUT2D eigenvalue weighted by molar-refractivity contribution is 0.0980. The van der Waals surface area contributed by atoms with E-state index in [1.165, 1.54) is 11.1 Å². The minimum atomic E-state index is -3.87. The fraction of sp³-hybridized carbons (Fsp3) is 0.545. The molecule has 2 bridgehead atoms. The summed E-state index contributed by atoms with van der Waals surface area (Å²) in [7, 11) is -2.21. The topological polar surface area (TPSA) is 84.9 Å². The fourth-order valence-electron chi connectivity index (χ4n) is 7.37. The highest BCUT2D eigenvalue weighted by molar-refractivity contribution is 7.90. The Balaban J connectivity index is 1.41. The van der Waals surface area contributed by atoms with Crippen molar-refractivity contribution in [2.75, 3.05) is 31.7 Å². The van der Waals surface area contributed by atoms with Crippen molar-refractivity contribution >= 4 is 33.2 Å². The van der Waals surface area contributed by atoms with Crippen molar-refractivity contribution in [3.63, 3.8) is 0 Å². The molecule has 2 aromatic rings. The number of carbonyl (C=O) groups excluding carboxylic acids is 1. The molecule has 42 heavy (non-hydrogen) atoms. The molecule has 7 nitrogen and oxygen atoms in total. The van der Waals surface area contributed by atoms with Crippen LogP contribution in [0.5, 0.6) is 5.75 Å². The molecule has 6 rings (SSSR count). The molecule has 1 fully saturated rings. The Morgan fingerprint density at radius 3 is 2.74 bits per heavy atom. The first-order chi connectivity index (χ1) is 20.2. The van der Waals surface area contributed by atoms with Gasteiger partial charge in [-0.15, -0.1) is 0 Å². The molecule has 0 radical (unpaired) electrons. The highest BCUT2D eigenvalue weighted by atomic mass is 35.5. The van der Waals surface area contributed by atoms with Crippen LogP contribution in [0.4, 0.5) is 5.69 Å². The van der Waals surface area contributed by atoms with Crippen LogP contribution in [0.2, 0.25) is 5.02 Å². The molecule has 5 atom stereocenters. The number of hydrogen-bond acceptors (Lipinski definition) is 6. The average molecular weight is 613 g/mol. The minimum Gasteiger partial charge on any atom is -0.490 e. The summed E-state index contributed by atoms with van der Waals surface area (Å²) in [6.07, 6.45) is 10.9. The summed E-state index contributed by atoms with van der Waals surface area (Å²) in [6.45, 7) is 3.96. The number of allylic oxidation sites excluding steroid dienone is 1. The van der Waals surface area contributed by atoms with E-state index in [0.717, 1.165) is 61.7 Å². The number of nitrogens with zero attached hydrogens (tertiary/aromatic N) is 1. The number of hydrogen-bond donors (Lipinski definition) is 1. The van der Waals surface area contributed by atoms with Crippen molar-refractivity contribution in [3.8, 4) is 5.75 Å². The van der Waals surface area contributed by atoms with Gasteiger partial charge in [0.15, 0.2) is 0 Å². The molecular weight excluding hydrogens is 572 g/mol. The zero-order chi connectivity index (χ0) is 29.5. The molecule has 1 saturated carbocycles. The maximum Gasteiger partial charge on any atom is 0.264 e. The van der Waals surface area contributed by atoms with Crippen molar-refractivity contribution in [1.82, 2.24) is 4.72 Å². The minimum absolute atomic E-state index is 0.168. The Bertz CT molecular complexity index is 1480. The molecule has 2 heterocycles. The van der Waals surface area contributed by atoms with Crippen LogP contribution in [-0.4, -0.2) is 52.5 Å². The normalized spacial score (nSPS) is 31.5. The first-order valence-electron chi connectivity index (χ1n) is 15.3. The van der Waals surface area contributed by atoms with Crippen LogP contribution in [0.3, 0.4) is 0 Å². The number of nitrogens with one attached hydrogen (secondary N) is 1. The maximum absolute atomic E-state index is 13.4. The third-order valence-electron chi connectivity index (χ3n) is 10.0. The molecule has 226 valence electrons. The average Bonchev–Trinajstić information content (AvgIpc) is 3.10. The molecule has 0 aromatic heterocycles. The highest BCUT2D eigenvalue weighted by Crippen LogP contribution is 2.46. The van der Waals surface area contributed by atoms with E-state index in [9.17, 15) is 13.2 Å². The number of sulfonamides is 1. The van der Waals surface area contributed by atoms with Crippen molar-refractivity contribution < 1.29 is 22.7 Å². The van der Waals surface area contributed by atoms with Crippen LogP contribution >= 0.6 is 11.6 Å². The van der Waals surface area contributed by atoms with Crippen LogP contribution in [0.1, 0.15) is 73.4 Å². The van der Waals surface area contributed by atoms with Gasteiger partial charge in [0.2, 0.25) is 10.0 Å². The third-order valence-corrected chi connectivity index (χ3v) is 12.2. The van der Waals surface area contributed by atoms with E-state index in [4.69, 9.17) is 21.1 Å². The Labute approximate surface area is 254 Å². The molecule has 1 N–H and O–H groups in total. The molecule has 9 heteroatoms. The van der Waals surface area contributed by atoms with E-state index < -0.39 is 21.2 Å². The zero-order valence-corrected chi connectivity index (χ0v) is 26.1. The predicted octanol–water partition coefficient (Wildman–Crippen LogP) is 6.04. The van der Waals surface area contributed by atoms with Gasteiger partial charge < -0.3 is 14.4 Å². The van der Waals surface area contributed by atoms with Crippen molar-refractivity contribution in [3.05, 3.63) is 70.3 Å². The molecule has 2 aliphatic carbocycles. The lowest BCUT2D eigenvalue weighted by Crippen LogP contribution is -2.48. The summed E-state index contributed by atoms with van der Waals surface area (Å²) in [5.41, 5.74) is 3.53. The highest BCUT2D eigenvalue weighted by Gasteiger charge is 2.43. The summed E-state index contributed by atoms with van der Waals surface area (Å²) < 4.78 is 41.2. The van der Waals surface area contributed by atoms with Crippen LogP contribution < -0.4 is 14.4 Å². The summed E-state index contributed by atoms with van der Waals surface area (Å²) in [6, 6.07) is 11.6. The Kier molecular flexibility index (Phi) is 8.33. The molecule has 0 saturated heterocycles. The molecule has 0 unspecified atom stereocenters. The SMILES string of the molecule is CC[C@@H]1CC[C@@H](OC)/C=C/[C@@H]2CC[C@H]2CN2C[C@@]3(CCCc4cc(Cl)ccc43)COc3ccc(cc32)C(=O)NS1(=O)=O. The van der Waals surface area contributed by atoms with Gasteiger partial charge in [-0.25, -0.2) is 13.1 Å². The Hall–Kier alpha value is -2.55. The van der Waals surface area contributed by atoms with Gasteiger partial charge in [-0.05, 0) is 105 Å². The number of anilines is 1.